The topological polar surface area (TPSA) is 146 Å². The van der Waals surface area contributed by atoms with Crippen molar-refractivity contribution in [2.24, 2.45) is 5.14 Å². The molecule has 0 saturated carbocycles. The monoisotopic (exact) mass is 392 g/mol. The number of nitrogen functional groups attached to an aromatic ring is 1. The molecule has 9 nitrogen and oxygen atoms in total. The average Bonchev–Trinajstić information content (AvgIpc) is 3.08. The van der Waals surface area contributed by atoms with Crippen molar-refractivity contribution < 1.29 is 13.2 Å². The number of primary sulfonamides is 1. The summed E-state index contributed by atoms with van der Waals surface area (Å²) in [5.41, 5.74) is 7.18. The van der Waals surface area contributed by atoms with E-state index in [0.29, 0.717) is 10.6 Å². The summed E-state index contributed by atoms with van der Waals surface area (Å²) in [6.07, 6.45) is 0. The Balaban J connectivity index is 1.84. The summed E-state index contributed by atoms with van der Waals surface area (Å²) < 4.78 is 23.6. The van der Waals surface area contributed by atoms with E-state index in [1.165, 1.54) is 35.6 Å². The summed E-state index contributed by atoms with van der Waals surface area (Å²) in [6.45, 7) is 3.76. The van der Waals surface area contributed by atoms with Crippen molar-refractivity contribution in [3.05, 3.63) is 45.6 Å². The maximum atomic E-state index is 12.6. The molecule has 0 bridgehead atoms. The van der Waals surface area contributed by atoms with E-state index in [0.717, 1.165) is 15.1 Å². The van der Waals surface area contributed by atoms with Gasteiger partial charge in [-0.2, -0.15) is 9.67 Å². The minimum Gasteiger partial charge on any atom is -0.368 e. The Kier molecular flexibility index (Phi) is 4.52. The smallest absolute Gasteiger partial charge is 0.291 e. The third kappa shape index (κ3) is 3.59. The number of benzene rings is 1. The summed E-state index contributed by atoms with van der Waals surface area (Å²) in [6, 6.07) is 7.62. The number of aromatic nitrogens is 3. The van der Waals surface area contributed by atoms with E-state index < -0.39 is 10.0 Å². The van der Waals surface area contributed by atoms with Gasteiger partial charge in [0.15, 0.2) is 0 Å². The van der Waals surface area contributed by atoms with E-state index in [9.17, 15) is 13.2 Å². The van der Waals surface area contributed by atoms with Crippen molar-refractivity contribution in [1.82, 2.24) is 14.8 Å². The molecule has 1 aromatic carbocycles. The summed E-state index contributed by atoms with van der Waals surface area (Å²) in [5, 5.41) is 12.0. The zero-order valence-corrected chi connectivity index (χ0v) is 15.6. The Morgan fingerprint density at radius 1 is 1.23 bits per heavy atom. The lowest BCUT2D eigenvalue weighted by molar-refractivity contribution is 0.0951. The summed E-state index contributed by atoms with van der Waals surface area (Å²) in [4.78, 5) is 18.2. The first-order valence-corrected chi connectivity index (χ1v) is 9.75. The minimum atomic E-state index is -3.77. The molecule has 0 amide bonds. The van der Waals surface area contributed by atoms with E-state index in [2.05, 4.69) is 15.4 Å². The fourth-order valence-electron chi connectivity index (χ4n) is 2.33. The van der Waals surface area contributed by atoms with Gasteiger partial charge in [-0.15, -0.1) is 16.4 Å². The number of hydrogen-bond donors (Lipinski definition) is 3. The van der Waals surface area contributed by atoms with Crippen LogP contribution < -0.4 is 16.2 Å². The van der Waals surface area contributed by atoms with E-state index in [4.69, 9.17) is 10.9 Å². The van der Waals surface area contributed by atoms with Crippen molar-refractivity contribution in [2.75, 3.05) is 11.1 Å². The van der Waals surface area contributed by atoms with Crippen LogP contribution in [0.1, 0.15) is 20.1 Å². The molecule has 0 unspecified atom stereocenters. The Bertz CT molecular complexity index is 1080. The highest BCUT2D eigenvalue weighted by molar-refractivity contribution is 7.89. The number of carbonyl (C=O) groups is 1. The number of aryl methyl sites for hydroxylation is 2. The van der Waals surface area contributed by atoms with Crippen molar-refractivity contribution in [2.45, 2.75) is 18.7 Å². The average molecular weight is 392 g/mol. The van der Waals surface area contributed by atoms with Crippen molar-refractivity contribution in [3.63, 3.8) is 0 Å². The lowest BCUT2D eigenvalue weighted by Gasteiger charge is -2.03. The fourth-order valence-corrected chi connectivity index (χ4v) is 3.80. The van der Waals surface area contributed by atoms with Crippen LogP contribution >= 0.6 is 11.3 Å². The van der Waals surface area contributed by atoms with Gasteiger partial charge < -0.3 is 11.1 Å². The van der Waals surface area contributed by atoms with E-state index in [1.54, 1.807) is 0 Å². The molecule has 0 fully saturated rings. The van der Waals surface area contributed by atoms with Gasteiger partial charge in [0.25, 0.3) is 5.91 Å². The molecule has 136 valence electrons. The number of thiophene rings is 1. The van der Waals surface area contributed by atoms with Gasteiger partial charge in [0.1, 0.15) is 0 Å². The summed E-state index contributed by atoms with van der Waals surface area (Å²) in [5.74, 6) is -0.294. The highest BCUT2D eigenvalue weighted by Crippen LogP contribution is 2.23. The molecule has 0 atom stereocenters. The van der Waals surface area contributed by atoms with Crippen molar-refractivity contribution in [3.8, 4) is 0 Å². The molecule has 0 aliphatic rings. The van der Waals surface area contributed by atoms with Gasteiger partial charge >= 0.3 is 0 Å². The van der Waals surface area contributed by atoms with Crippen LogP contribution in [-0.2, 0) is 10.0 Å². The lowest BCUT2D eigenvalue weighted by atomic mass is 10.2. The van der Waals surface area contributed by atoms with Gasteiger partial charge in [-0.1, -0.05) is 0 Å². The van der Waals surface area contributed by atoms with Gasteiger partial charge in [-0.3, -0.25) is 4.79 Å². The molecule has 3 rings (SSSR count). The standard InChI is InChI=1S/C15H16N6O3S2/c1-8-7-9(2)25-12(8)13(22)21-14(16)19-15(20-21)18-10-3-5-11(6-4-10)26(17,23)24/h3-7H,1-2H3,(H2,17,23,24)(H3,16,18,19,20). The Labute approximate surface area is 153 Å². The largest absolute Gasteiger partial charge is 0.368 e. The lowest BCUT2D eigenvalue weighted by Crippen LogP contribution is -2.16. The number of sulfonamides is 1. The molecule has 0 aliphatic heterocycles. The molecule has 0 aliphatic carbocycles. The van der Waals surface area contributed by atoms with E-state index >= 15 is 0 Å². The molecule has 5 N–H and O–H groups in total. The number of nitrogens with zero attached hydrogens (tertiary/aromatic N) is 3. The van der Waals surface area contributed by atoms with Crippen LogP contribution in [0.3, 0.4) is 0 Å². The zero-order valence-electron chi connectivity index (χ0n) is 13.9. The fraction of sp³-hybridized carbons (Fsp3) is 0.133. The maximum absolute atomic E-state index is 12.6. The molecule has 0 saturated heterocycles. The minimum absolute atomic E-state index is 0.0141. The molecule has 11 heteroatoms. The highest BCUT2D eigenvalue weighted by atomic mass is 32.2. The maximum Gasteiger partial charge on any atom is 0.291 e. The van der Waals surface area contributed by atoms with Crippen LogP contribution in [0.15, 0.2) is 35.2 Å². The molecule has 3 aromatic rings. The third-order valence-corrected chi connectivity index (χ3v) is 5.57. The molecule has 2 heterocycles. The second-order valence-electron chi connectivity index (χ2n) is 5.57. The Morgan fingerprint density at radius 3 is 2.42 bits per heavy atom. The van der Waals surface area contributed by atoms with Crippen LogP contribution in [0.5, 0.6) is 0 Å². The predicted molar refractivity (Wildman–Crippen MR) is 99.1 cm³/mol. The van der Waals surface area contributed by atoms with Gasteiger partial charge in [0.2, 0.25) is 21.9 Å². The van der Waals surface area contributed by atoms with Crippen molar-refractivity contribution in [1.29, 1.82) is 0 Å². The normalized spacial score (nSPS) is 11.5. The predicted octanol–water partition coefficient (Wildman–Crippen LogP) is 1.62. The second kappa shape index (κ2) is 6.52. The quantitative estimate of drug-likeness (QED) is 0.611. The first kappa shape index (κ1) is 18.0. The number of carbonyl (C=O) groups excluding carboxylic acids is 1. The molecular weight excluding hydrogens is 376 g/mol. The molecule has 26 heavy (non-hydrogen) atoms. The number of nitrogens with one attached hydrogen (secondary N) is 1. The van der Waals surface area contributed by atoms with Gasteiger partial charge in [0.05, 0.1) is 9.77 Å². The second-order valence-corrected chi connectivity index (χ2v) is 8.39. The van der Waals surface area contributed by atoms with E-state index in [-0.39, 0.29) is 22.7 Å². The molecule has 2 aromatic heterocycles. The van der Waals surface area contributed by atoms with Gasteiger partial charge in [-0.25, -0.2) is 13.6 Å². The summed E-state index contributed by atoms with van der Waals surface area (Å²) >= 11 is 1.36. The first-order valence-electron chi connectivity index (χ1n) is 7.39. The van der Waals surface area contributed by atoms with Crippen LogP contribution in [0.4, 0.5) is 17.6 Å². The number of hydrogen-bond acceptors (Lipinski definition) is 8. The molecule has 0 spiro atoms. The number of anilines is 3. The van der Waals surface area contributed by atoms with Crippen LogP contribution in [0.25, 0.3) is 0 Å². The zero-order chi connectivity index (χ0) is 19.1. The Morgan fingerprint density at radius 2 is 1.88 bits per heavy atom. The van der Waals surface area contributed by atoms with Crippen LogP contribution in [-0.4, -0.2) is 29.1 Å². The first-order chi connectivity index (χ1) is 12.1. The molecular formula is C15H16N6O3S2. The van der Waals surface area contributed by atoms with Gasteiger partial charge in [-0.05, 0) is 49.7 Å². The number of nitrogens with two attached hydrogens (primary N) is 2. The number of rotatable bonds is 4. The summed E-state index contributed by atoms with van der Waals surface area (Å²) in [7, 11) is -3.77. The van der Waals surface area contributed by atoms with Crippen molar-refractivity contribution >= 4 is 44.9 Å². The van der Waals surface area contributed by atoms with Gasteiger partial charge in [0, 0.05) is 10.6 Å². The highest BCUT2D eigenvalue weighted by Gasteiger charge is 2.20. The van der Waals surface area contributed by atoms with E-state index in [1.807, 2.05) is 19.9 Å². The van der Waals surface area contributed by atoms with Crippen LogP contribution in [0.2, 0.25) is 0 Å². The third-order valence-electron chi connectivity index (χ3n) is 3.50. The Hall–Kier alpha value is -2.76. The molecule has 0 radical (unpaired) electrons. The SMILES string of the molecule is Cc1cc(C)c(C(=O)n2nc(Nc3ccc(S(N)(=O)=O)cc3)nc2N)s1. The van der Waals surface area contributed by atoms with Crippen LogP contribution in [0, 0.1) is 13.8 Å².